The van der Waals surface area contributed by atoms with Crippen LogP contribution < -0.4 is 0 Å². The Balaban J connectivity index is 2.03. The van der Waals surface area contributed by atoms with Crippen molar-refractivity contribution in [3.05, 3.63) is 70.3 Å². The molecular formula is C15H12N2O3. The van der Waals surface area contributed by atoms with E-state index in [1.807, 2.05) is 0 Å². The van der Waals surface area contributed by atoms with Crippen molar-refractivity contribution in [3.63, 3.8) is 0 Å². The third-order valence-electron chi connectivity index (χ3n) is 2.57. The first-order valence-corrected chi connectivity index (χ1v) is 5.90. The monoisotopic (exact) mass is 268 g/mol. The molecule has 100 valence electrons. The first-order chi connectivity index (χ1) is 9.66. The number of allylic oxidation sites excluding steroid dienone is 1. The molecule has 1 N–H and O–H groups in total. The highest BCUT2D eigenvalue weighted by atomic mass is 16.6. The largest absolute Gasteiger partial charge is 0.506 e. The molecule has 20 heavy (non-hydrogen) atoms. The maximum atomic E-state index is 10.5. The molecular weight excluding hydrogens is 256 g/mol. The number of phenolic OH excluding ortho intramolecular Hbond substituents is 1. The van der Waals surface area contributed by atoms with E-state index in [0.29, 0.717) is 5.69 Å². The molecule has 0 saturated carbocycles. The van der Waals surface area contributed by atoms with Crippen molar-refractivity contribution >= 4 is 23.7 Å². The summed E-state index contributed by atoms with van der Waals surface area (Å²) in [6, 6.07) is 13.0. The van der Waals surface area contributed by atoms with E-state index in [4.69, 9.17) is 0 Å². The van der Waals surface area contributed by atoms with Crippen LogP contribution >= 0.6 is 0 Å². The van der Waals surface area contributed by atoms with E-state index >= 15 is 0 Å². The van der Waals surface area contributed by atoms with Crippen LogP contribution in [0.4, 0.5) is 11.4 Å². The lowest BCUT2D eigenvalue weighted by Crippen LogP contribution is -1.86. The zero-order valence-electron chi connectivity index (χ0n) is 10.5. The number of rotatable bonds is 4. The summed E-state index contributed by atoms with van der Waals surface area (Å²) in [5.41, 5.74) is 1.38. The second-order valence-corrected chi connectivity index (χ2v) is 3.97. The lowest BCUT2D eigenvalue weighted by molar-refractivity contribution is -0.384. The van der Waals surface area contributed by atoms with Crippen molar-refractivity contribution in [1.29, 1.82) is 0 Å². The molecule has 0 spiro atoms. The Kier molecular flexibility index (Phi) is 4.24. The molecule has 0 bridgehead atoms. The SMILES string of the molecule is O=[N+]([O-])c1ccc(/C=C\C=Nc2ccccc2O)cc1. The van der Waals surface area contributed by atoms with Gasteiger partial charge in [-0.3, -0.25) is 15.1 Å². The van der Waals surface area contributed by atoms with Gasteiger partial charge in [-0.2, -0.15) is 0 Å². The van der Waals surface area contributed by atoms with Crippen LogP contribution in [0.1, 0.15) is 5.56 Å². The molecule has 0 aliphatic rings. The van der Waals surface area contributed by atoms with Gasteiger partial charge in [-0.1, -0.05) is 18.2 Å². The molecule has 0 unspecified atom stereocenters. The minimum absolute atomic E-state index is 0.0602. The number of hydrogen-bond donors (Lipinski definition) is 1. The average Bonchev–Trinajstić information content (AvgIpc) is 2.46. The second kappa shape index (κ2) is 6.29. The first-order valence-electron chi connectivity index (χ1n) is 5.90. The molecule has 0 heterocycles. The van der Waals surface area contributed by atoms with E-state index in [2.05, 4.69) is 4.99 Å². The minimum Gasteiger partial charge on any atom is -0.506 e. The topological polar surface area (TPSA) is 75.7 Å². The molecule has 2 aromatic carbocycles. The van der Waals surface area contributed by atoms with Crippen molar-refractivity contribution < 1.29 is 10.0 Å². The van der Waals surface area contributed by atoms with Gasteiger partial charge in [0.05, 0.1) is 4.92 Å². The lowest BCUT2D eigenvalue weighted by Gasteiger charge is -1.95. The normalized spacial score (nSPS) is 11.2. The summed E-state index contributed by atoms with van der Waals surface area (Å²) in [6.45, 7) is 0. The van der Waals surface area contributed by atoms with Crippen molar-refractivity contribution in [2.75, 3.05) is 0 Å². The van der Waals surface area contributed by atoms with Gasteiger partial charge in [0.15, 0.2) is 0 Å². The summed E-state index contributed by atoms with van der Waals surface area (Å²) in [5.74, 6) is 0.118. The molecule has 0 amide bonds. The molecule has 2 aromatic rings. The Hall–Kier alpha value is -2.95. The molecule has 5 heteroatoms. The van der Waals surface area contributed by atoms with E-state index in [-0.39, 0.29) is 11.4 Å². The van der Waals surface area contributed by atoms with Gasteiger partial charge in [-0.15, -0.1) is 0 Å². The Bertz CT molecular complexity index is 661. The van der Waals surface area contributed by atoms with Crippen LogP contribution in [0.25, 0.3) is 6.08 Å². The average molecular weight is 268 g/mol. The Morgan fingerprint density at radius 2 is 1.80 bits per heavy atom. The minimum atomic E-state index is -0.437. The van der Waals surface area contributed by atoms with E-state index in [0.717, 1.165) is 5.56 Å². The smallest absolute Gasteiger partial charge is 0.269 e. The third-order valence-corrected chi connectivity index (χ3v) is 2.57. The van der Waals surface area contributed by atoms with Gasteiger partial charge in [-0.05, 0) is 35.9 Å². The number of aromatic hydroxyl groups is 1. The predicted molar refractivity (Wildman–Crippen MR) is 78.4 cm³/mol. The Morgan fingerprint density at radius 3 is 2.45 bits per heavy atom. The van der Waals surface area contributed by atoms with Gasteiger partial charge in [-0.25, -0.2) is 0 Å². The highest BCUT2D eigenvalue weighted by molar-refractivity contribution is 5.81. The van der Waals surface area contributed by atoms with Gasteiger partial charge in [0.2, 0.25) is 0 Å². The molecule has 0 atom stereocenters. The Labute approximate surface area is 115 Å². The Morgan fingerprint density at radius 1 is 1.10 bits per heavy atom. The van der Waals surface area contributed by atoms with Gasteiger partial charge in [0, 0.05) is 18.3 Å². The molecule has 0 fully saturated rings. The predicted octanol–water partition coefficient (Wildman–Crippen LogP) is 3.72. The number of para-hydroxylation sites is 2. The standard InChI is InChI=1S/C15H12N2O3/c18-15-6-2-1-5-14(15)16-11-3-4-12-7-9-13(10-8-12)17(19)20/h1-11,18H/b4-3-,16-11?. The molecule has 0 aromatic heterocycles. The van der Waals surface area contributed by atoms with Crippen LogP contribution in [0.2, 0.25) is 0 Å². The van der Waals surface area contributed by atoms with E-state index in [1.54, 1.807) is 54.8 Å². The van der Waals surface area contributed by atoms with Crippen molar-refractivity contribution in [3.8, 4) is 5.75 Å². The number of nitro benzene ring substituents is 1. The fourth-order valence-electron chi connectivity index (χ4n) is 1.56. The highest BCUT2D eigenvalue weighted by Crippen LogP contribution is 2.24. The fourth-order valence-corrected chi connectivity index (χ4v) is 1.56. The molecule has 0 radical (unpaired) electrons. The zero-order chi connectivity index (χ0) is 14.4. The van der Waals surface area contributed by atoms with Crippen LogP contribution in [-0.2, 0) is 0 Å². The maximum absolute atomic E-state index is 10.5. The number of benzene rings is 2. The molecule has 0 aliphatic heterocycles. The van der Waals surface area contributed by atoms with E-state index in [9.17, 15) is 15.2 Å². The summed E-state index contributed by atoms with van der Waals surface area (Å²) in [5, 5.41) is 20.0. The first kappa shape index (κ1) is 13.5. The van der Waals surface area contributed by atoms with Gasteiger partial charge >= 0.3 is 0 Å². The lowest BCUT2D eigenvalue weighted by atomic mass is 10.2. The summed E-state index contributed by atoms with van der Waals surface area (Å²) >= 11 is 0. The van der Waals surface area contributed by atoms with Crippen LogP contribution in [0, 0.1) is 10.1 Å². The summed E-state index contributed by atoms with van der Waals surface area (Å²) in [4.78, 5) is 14.2. The van der Waals surface area contributed by atoms with E-state index in [1.165, 1.54) is 12.1 Å². The number of nitro groups is 1. The fraction of sp³-hybridized carbons (Fsp3) is 0. The molecule has 5 nitrogen and oxygen atoms in total. The molecule has 2 rings (SSSR count). The third kappa shape index (κ3) is 3.52. The van der Waals surface area contributed by atoms with Gasteiger partial charge in [0.1, 0.15) is 11.4 Å². The number of non-ortho nitro benzene ring substituents is 1. The van der Waals surface area contributed by atoms with Crippen LogP contribution in [0.5, 0.6) is 5.75 Å². The van der Waals surface area contributed by atoms with Gasteiger partial charge < -0.3 is 5.11 Å². The zero-order valence-corrected chi connectivity index (χ0v) is 10.5. The van der Waals surface area contributed by atoms with Crippen LogP contribution in [0.3, 0.4) is 0 Å². The summed E-state index contributed by atoms with van der Waals surface area (Å²) in [6.07, 6.45) is 5.03. The second-order valence-electron chi connectivity index (χ2n) is 3.97. The number of phenols is 1. The number of nitrogens with zero attached hydrogens (tertiary/aromatic N) is 2. The van der Waals surface area contributed by atoms with E-state index < -0.39 is 4.92 Å². The van der Waals surface area contributed by atoms with Crippen molar-refractivity contribution in [2.45, 2.75) is 0 Å². The van der Waals surface area contributed by atoms with Crippen molar-refractivity contribution in [1.82, 2.24) is 0 Å². The quantitative estimate of drug-likeness (QED) is 0.521. The molecule has 0 aliphatic carbocycles. The number of hydrogen-bond acceptors (Lipinski definition) is 4. The van der Waals surface area contributed by atoms with Crippen molar-refractivity contribution in [2.24, 2.45) is 4.99 Å². The summed E-state index contributed by atoms with van der Waals surface area (Å²) in [7, 11) is 0. The van der Waals surface area contributed by atoms with Gasteiger partial charge in [0.25, 0.3) is 5.69 Å². The number of aliphatic imine (C=N–C) groups is 1. The van der Waals surface area contributed by atoms with Crippen LogP contribution in [-0.4, -0.2) is 16.2 Å². The molecule has 0 saturated heterocycles. The summed E-state index contributed by atoms with van der Waals surface area (Å²) < 4.78 is 0. The highest BCUT2D eigenvalue weighted by Gasteiger charge is 2.01. The van der Waals surface area contributed by atoms with Crippen LogP contribution in [0.15, 0.2) is 59.6 Å². The maximum Gasteiger partial charge on any atom is 0.269 e.